The monoisotopic (exact) mass is 1030 g/mol. The van der Waals surface area contributed by atoms with E-state index in [1.165, 1.54) is 244 Å². The molecule has 444 valence electrons. The molecule has 5 fully saturated rings. The molecule has 0 atom stereocenters. The lowest BCUT2D eigenvalue weighted by atomic mass is 9.82. The third-order valence-corrected chi connectivity index (χ3v) is 14.0. The summed E-state index contributed by atoms with van der Waals surface area (Å²) in [6.45, 7) is 60.6. The summed E-state index contributed by atoms with van der Waals surface area (Å²) in [6, 6.07) is 8.66. The van der Waals surface area contributed by atoms with E-state index in [0.717, 1.165) is 24.2 Å². The van der Waals surface area contributed by atoms with E-state index in [1.54, 1.807) is 0 Å². The minimum Gasteiger partial charge on any atom is -0.306 e. The van der Waals surface area contributed by atoms with Crippen molar-refractivity contribution in [3.05, 3.63) is 35.4 Å². The van der Waals surface area contributed by atoms with Gasteiger partial charge in [-0.15, -0.1) is 0 Å². The largest absolute Gasteiger partial charge is 0.306 e. The van der Waals surface area contributed by atoms with Crippen LogP contribution in [0.4, 0.5) is 0 Å². The Kier molecular flexibility index (Phi) is 81.1. The van der Waals surface area contributed by atoms with Crippen molar-refractivity contribution in [1.29, 1.82) is 0 Å². The van der Waals surface area contributed by atoms with E-state index < -0.39 is 0 Å². The van der Waals surface area contributed by atoms with E-state index in [-0.39, 0.29) is 0 Å². The number of piperazine rings is 1. The Morgan fingerprint density at radius 2 is 0.644 bits per heavy atom. The first-order chi connectivity index (χ1) is 35.2. The molecule has 0 radical (unpaired) electrons. The zero-order valence-corrected chi connectivity index (χ0v) is 55.4. The van der Waals surface area contributed by atoms with Crippen molar-refractivity contribution >= 4 is 0 Å². The second-order valence-corrected chi connectivity index (χ2v) is 21.9. The van der Waals surface area contributed by atoms with Gasteiger partial charge in [-0.1, -0.05) is 271 Å². The molecule has 6 rings (SSSR count). The normalized spacial score (nSPS) is 18.9. The molecule has 4 saturated heterocycles. The van der Waals surface area contributed by atoms with Crippen molar-refractivity contribution in [3.8, 4) is 0 Å². The third kappa shape index (κ3) is 69.0. The molecule has 0 aromatic heterocycles. The van der Waals surface area contributed by atoms with Crippen LogP contribution in [0.5, 0.6) is 0 Å². The second-order valence-electron chi connectivity index (χ2n) is 21.9. The Balaban J connectivity index is -0.000000172. The number of unbranched alkanes of at least 4 members (excludes halogenated alkanes) is 3. The van der Waals surface area contributed by atoms with Crippen molar-refractivity contribution in [1.82, 2.24) is 24.5 Å². The van der Waals surface area contributed by atoms with Crippen molar-refractivity contribution in [2.75, 3.05) is 99.2 Å². The molecule has 1 aliphatic carbocycles. The molecule has 5 aliphatic rings. The van der Waals surface area contributed by atoms with Crippen LogP contribution in [0.25, 0.3) is 0 Å². The fraction of sp³-hybridized carbons (Fsp3) is 0.912. The van der Waals surface area contributed by atoms with Crippen LogP contribution in [0.2, 0.25) is 0 Å². The fourth-order valence-electron chi connectivity index (χ4n) is 7.75. The lowest BCUT2D eigenvalue weighted by Crippen LogP contribution is -2.44. The van der Waals surface area contributed by atoms with Gasteiger partial charge in [0.05, 0.1) is 0 Å². The lowest BCUT2D eigenvalue weighted by molar-refractivity contribution is 0.160. The maximum Gasteiger partial charge on any atom is 0.0110 e. The smallest absolute Gasteiger partial charge is 0.0110 e. The van der Waals surface area contributed by atoms with Crippen LogP contribution in [0.1, 0.15) is 290 Å². The number of benzene rings is 1. The highest BCUT2D eigenvalue weighted by atomic mass is 15.2. The summed E-state index contributed by atoms with van der Waals surface area (Å²) in [5.41, 5.74) is 2.76. The highest BCUT2D eigenvalue weighted by Crippen LogP contribution is 2.29. The summed E-state index contributed by atoms with van der Waals surface area (Å²) in [5.74, 6) is 3.12. The van der Waals surface area contributed by atoms with Gasteiger partial charge in [-0.2, -0.15) is 0 Å². The van der Waals surface area contributed by atoms with Gasteiger partial charge in [0.1, 0.15) is 0 Å². The van der Waals surface area contributed by atoms with E-state index in [0.29, 0.717) is 0 Å². The van der Waals surface area contributed by atoms with Crippen molar-refractivity contribution in [3.63, 3.8) is 0 Å². The predicted molar refractivity (Wildman–Crippen MR) is 344 cm³/mol. The number of aryl methyl sites for hydroxylation is 2. The molecule has 1 aromatic carbocycles. The van der Waals surface area contributed by atoms with E-state index in [9.17, 15) is 0 Å². The van der Waals surface area contributed by atoms with Crippen molar-refractivity contribution < 1.29 is 0 Å². The Morgan fingerprint density at radius 3 is 0.904 bits per heavy atom. The Bertz CT molecular complexity index is 921. The number of nitrogens with zero attached hydrogens (tertiary/aromatic N) is 5. The molecule has 4 heterocycles. The van der Waals surface area contributed by atoms with Crippen LogP contribution in [0, 0.1) is 24.7 Å². The molecule has 0 N–H and O–H groups in total. The molecule has 73 heavy (non-hydrogen) atoms. The SMILES string of the molecule is CCC.CCC.CCC.CCC1CCC(C)CC1.CCC1CCN(C)CC1.CCCC.CCCC.CCCC.CCN1CCCCC1.CCN1CCCCC1.CCN1CCN(C)CC1.CCc1ccc(C)cc1. The number of hydrogen-bond acceptors (Lipinski definition) is 5. The lowest BCUT2D eigenvalue weighted by Gasteiger charge is -2.31. The van der Waals surface area contributed by atoms with Gasteiger partial charge in [-0.05, 0) is 148 Å². The van der Waals surface area contributed by atoms with Crippen molar-refractivity contribution in [2.45, 2.75) is 293 Å². The van der Waals surface area contributed by atoms with Gasteiger partial charge in [-0.3, -0.25) is 0 Å². The minimum absolute atomic E-state index is 1.02. The first-order valence-corrected chi connectivity index (χ1v) is 32.8. The summed E-state index contributed by atoms with van der Waals surface area (Å²) in [7, 11) is 4.40. The number of piperidine rings is 3. The van der Waals surface area contributed by atoms with Crippen LogP contribution in [-0.4, -0.2) is 124 Å². The van der Waals surface area contributed by atoms with Gasteiger partial charge in [-0.25, -0.2) is 0 Å². The summed E-state index contributed by atoms with van der Waals surface area (Å²) in [5, 5.41) is 0. The zero-order valence-electron chi connectivity index (χ0n) is 55.4. The second kappa shape index (κ2) is 71.0. The summed E-state index contributed by atoms with van der Waals surface area (Å²) < 4.78 is 0. The molecule has 0 unspecified atom stereocenters. The van der Waals surface area contributed by atoms with Gasteiger partial charge in [0, 0.05) is 26.2 Å². The Labute approximate surface area is 467 Å². The highest BCUT2D eigenvalue weighted by molar-refractivity contribution is 5.20. The summed E-state index contributed by atoms with van der Waals surface area (Å²) >= 11 is 0. The molecule has 0 spiro atoms. The number of likely N-dealkylation sites (N-methyl/N-ethyl adjacent to an activating group) is 2. The standard InChI is InChI=1S/C9H18.C9H12.C8H17N.C7H16N2.2C7H15N.3C4H10.3C3H8/c2*1-3-9-6-4-8(2)5-7-9;1-3-8-4-6-9(2)7-5-8;1-3-9-6-4-8(2)5-7-9;2*1-2-8-6-4-3-5-7-8;3*1-3-4-2;3*1-3-2/h8-9H,3-7H2,1-2H3;4-7H,3H2,1-2H3;8H,3-7H2,1-2H3;3-7H2,1-2H3;2*2-7H2,1H3;3*3-4H2,1-2H3;3*3H2,1-2H3. The molecule has 0 amide bonds. The fourth-order valence-corrected chi connectivity index (χ4v) is 7.75. The number of hydrogen-bond donors (Lipinski definition) is 0. The zero-order chi connectivity index (χ0) is 56.8. The molecule has 0 bridgehead atoms. The Hall–Kier alpha value is -0.980. The van der Waals surface area contributed by atoms with Gasteiger partial charge < -0.3 is 24.5 Å². The molecular weight excluding hydrogens is 887 g/mol. The van der Waals surface area contributed by atoms with Crippen LogP contribution in [0.3, 0.4) is 0 Å². The average Bonchev–Trinajstić information content (AvgIpc) is 3.44. The summed E-state index contributed by atoms with van der Waals surface area (Å²) in [6.07, 6.45) is 33.0. The molecule has 5 nitrogen and oxygen atoms in total. The molecule has 5 heteroatoms. The molecular formula is C68H147N5. The topological polar surface area (TPSA) is 16.2 Å². The van der Waals surface area contributed by atoms with Crippen LogP contribution >= 0.6 is 0 Å². The average molecular weight is 1030 g/mol. The Morgan fingerprint density at radius 1 is 0.356 bits per heavy atom. The number of likely N-dealkylation sites (tertiary alicyclic amines) is 3. The van der Waals surface area contributed by atoms with Crippen LogP contribution < -0.4 is 0 Å². The van der Waals surface area contributed by atoms with E-state index in [4.69, 9.17) is 0 Å². The van der Waals surface area contributed by atoms with Gasteiger partial charge in [0.2, 0.25) is 0 Å². The predicted octanol–water partition coefficient (Wildman–Crippen LogP) is 20.4. The maximum atomic E-state index is 2.52. The first-order valence-electron chi connectivity index (χ1n) is 32.8. The first kappa shape index (κ1) is 83.3. The van der Waals surface area contributed by atoms with Gasteiger partial charge in [0.25, 0.3) is 0 Å². The van der Waals surface area contributed by atoms with E-state index >= 15 is 0 Å². The van der Waals surface area contributed by atoms with E-state index in [1.807, 2.05) is 0 Å². The van der Waals surface area contributed by atoms with Crippen molar-refractivity contribution in [2.24, 2.45) is 17.8 Å². The van der Waals surface area contributed by atoms with E-state index in [2.05, 4.69) is 201 Å². The highest BCUT2D eigenvalue weighted by Gasteiger charge is 2.16. The van der Waals surface area contributed by atoms with Crippen LogP contribution in [0.15, 0.2) is 24.3 Å². The quantitative estimate of drug-likeness (QED) is 0.244. The molecule has 1 saturated carbocycles. The molecule has 1 aromatic rings. The third-order valence-electron chi connectivity index (χ3n) is 14.0. The van der Waals surface area contributed by atoms with Gasteiger partial charge >= 0.3 is 0 Å². The van der Waals surface area contributed by atoms with Gasteiger partial charge in [0.15, 0.2) is 0 Å². The summed E-state index contributed by atoms with van der Waals surface area (Å²) in [4.78, 5) is 12.3. The molecule has 4 aliphatic heterocycles. The number of rotatable bonds is 9. The van der Waals surface area contributed by atoms with Crippen LogP contribution in [-0.2, 0) is 6.42 Å². The minimum atomic E-state index is 1.02. The maximum absolute atomic E-state index is 2.52.